The minimum absolute atomic E-state index is 0.756. The van der Waals surface area contributed by atoms with Crippen LogP contribution in [0, 0.1) is 0 Å². The Kier molecular flexibility index (Phi) is 2.46. The van der Waals surface area contributed by atoms with Crippen LogP contribution in [0.15, 0.2) is 30.5 Å². The van der Waals surface area contributed by atoms with E-state index in [2.05, 4.69) is 23.9 Å². The molecular weight excluding hydrogens is 186 g/mol. The van der Waals surface area contributed by atoms with Crippen LogP contribution in [0.1, 0.15) is 6.92 Å². The van der Waals surface area contributed by atoms with Gasteiger partial charge in [-0.25, -0.2) is 0 Å². The number of benzene rings is 1. The van der Waals surface area contributed by atoms with Crippen LogP contribution in [0.25, 0.3) is 10.9 Å². The smallest absolute Gasteiger partial charge is 0.0743 e. The number of nitrogen functional groups attached to an aromatic ring is 1. The van der Waals surface area contributed by atoms with Crippen molar-refractivity contribution in [2.45, 2.75) is 6.92 Å². The van der Waals surface area contributed by atoms with E-state index in [0.29, 0.717) is 0 Å². The number of hydrogen-bond donors (Lipinski definition) is 1. The van der Waals surface area contributed by atoms with Crippen LogP contribution in [0.5, 0.6) is 0 Å². The lowest BCUT2D eigenvalue weighted by Crippen LogP contribution is -2.16. The summed E-state index contributed by atoms with van der Waals surface area (Å²) in [7, 11) is 2.07. The van der Waals surface area contributed by atoms with E-state index in [1.807, 2.05) is 30.5 Å². The summed E-state index contributed by atoms with van der Waals surface area (Å²) in [4.78, 5) is 6.51. The molecule has 0 unspecified atom stereocenters. The molecule has 0 bridgehead atoms. The third-order valence-corrected chi connectivity index (χ3v) is 2.63. The lowest BCUT2D eigenvalue weighted by atomic mass is 10.1. The standard InChI is InChI=1S/C12H15N3/c1-3-15(2)12-6-7-14-11-8-9(13)4-5-10(11)12/h4-8H,3,13H2,1-2H3. The number of anilines is 2. The van der Waals surface area contributed by atoms with Crippen molar-refractivity contribution in [2.75, 3.05) is 24.2 Å². The van der Waals surface area contributed by atoms with Gasteiger partial charge in [0.05, 0.1) is 5.52 Å². The summed E-state index contributed by atoms with van der Waals surface area (Å²) >= 11 is 0. The molecule has 0 saturated heterocycles. The first kappa shape index (κ1) is 9.77. The molecule has 1 heterocycles. The van der Waals surface area contributed by atoms with E-state index in [1.165, 1.54) is 5.69 Å². The van der Waals surface area contributed by atoms with Crippen molar-refractivity contribution < 1.29 is 0 Å². The minimum Gasteiger partial charge on any atom is -0.399 e. The lowest BCUT2D eigenvalue weighted by Gasteiger charge is -2.18. The second-order valence-electron chi connectivity index (χ2n) is 3.62. The Bertz CT molecular complexity index is 479. The highest BCUT2D eigenvalue weighted by Crippen LogP contribution is 2.25. The molecule has 3 heteroatoms. The van der Waals surface area contributed by atoms with E-state index in [0.717, 1.165) is 23.1 Å². The van der Waals surface area contributed by atoms with Gasteiger partial charge in [0.2, 0.25) is 0 Å². The van der Waals surface area contributed by atoms with E-state index >= 15 is 0 Å². The Morgan fingerprint density at radius 3 is 2.87 bits per heavy atom. The van der Waals surface area contributed by atoms with Crippen molar-refractivity contribution >= 4 is 22.3 Å². The van der Waals surface area contributed by atoms with E-state index in [9.17, 15) is 0 Å². The highest BCUT2D eigenvalue weighted by Gasteiger charge is 2.04. The maximum absolute atomic E-state index is 5.73. The largest absolute Gasteiger partial charge is 0.399 e. The third kappa shape index (κ3) is 1.73. The van der Waals surface area contributed by atoms with E-state index in [4.69, 9.17) is 5.73 Å². The molecule has 0 atom stereocenters. The molecule has 0 amide bonds. The van der Waals surface area contributed by atoms with Gasteiger partial charge >= 0.3 is 0 Å². The van der Waals surface area contributed by atoms with E-state index < -0.39 is 0 Å². The summed E-state index contributed by atoms with van der Waals surface area (Å²) in [5.74, 6) is 0. The molecule has 3 nitrogen and oxygen atoms in total. The van der Waals surface area contributed by atoms with Crippen molar-refractivity contribution in [1.29, 1.82) is 0 Å². The fourth-order valence-corrected chi connectivity index (χ4v) is 1.65. The van der Waals surface area contributed by atoms with Crippen LogP contribution in [0.3, 0.4) is 0 Å². The molecule has 0 aliphatic rings. The third-order valence-electron chi connectivity index (χ3n) is 2.63. The van der Waals surface area contributed by atoms with Crippen LogP contribution < -0.4 is 10.6 Å². The maximum atomic E-state index is 5.73. The minimum atomic E-state index is 0.756. The van der Waals surface area contributed by atoms with Gasteiger partial charge in [-0.3, -0.25) is 4.98 Å². The summed E-state index contributed by atoms with van der Waals surface area (Å²) < 4.78 is 0. The Morgan fingerprint density at radius 2 is 2.13 bits per heavy atom. The van der Waals surface area contributed by atoms with Crippen molar-refractivity contribution in [3.63, 3.8) is 0 Å². The summed E-state index contributed by atoms with van der Waals surface area (Å²) in [6, 6.07) is 7.88. The van der Waals surface area contributed by atoms with Crippen LogP contribution in [0.4, 0.5) is 11.4 Å². The lowest BCUT2D eigenvalue weighted by molar-refractivity contribution is 0.972. The highest BCUT2D eigenvalue weighted by molar-refractivity contribution is 5.93. The number of nitrogens with zero attached hydrogens (tertiary/aromatic N) is 2. The number of nitrogens with two attached hydrogens (primary N) is 1. The van der Waals surface area contributed by atoms with Crippen molar-refractivity contribution in [1.82, 2.24) is 4.98 Å². The van der Waals surface area contributed by atoms with Gasteiger partial charge in [-0.2, -0.15) is 0 Å². The topological polar surface area (TPSA) is 42.2 Å². The van der Waals surface area contributed by atoms with Gasteiger partial charge in [-0.1, -0.05) is 0 Å². The molecule has 0 aliphatic heterocycles. The second kappa shape index (κ2) is 3.77. The van der Waals surface area contributed by atoms with Gasteiger partial charge in [-0.05, 0) is 31.2 Å². The number of fused-ring (bicyclic) bond motifs is 1. The molecule has 2 rings (SSSR count). The predicted octanol–water partition coefficient (Wildman–Crippen LogP) is 2.27. The van der Waals surface area contributed by atoms with Gasteiger partial charge in [0, 0.05) is 36.6 Å². The molecule has 0 fully saturated rings. The quantitative estimate of drug-likeness (QED) is 0.758. The molecule has 1 aromatic carbocycles. The number of rotatable bonds is 2. The summed E-state index contributed by atoms with van der Waals surface area (Å²) in [6.07, 6.45) is 1.82. The molecule has 78 valence electrons. The van der Waals surface area contributed by atoms with Gasteiger partial charge in [0.25, 0.3) is 0 Å². The first-order valence-corrected chi connectivity index (χ1v) is 5.07. The molecule has 0 saturated carbocycles. The molecule has 0 spiro atoms. The van der Waals surface area contributed by atoms with E-state index in [1.54, 1.807) is 0 Å². The van der Waals surface area contributed by atoms with Crippen molar-refractivity contribution in [3.05, 3.63) is 30.5 Å². The van der Waals surface area contributed by atoms with Crippen LogP contribution >= 0.6 is 0 Å². The van der Waals surface area contributed by atoms with Crippen LogP contribution in [-0.4, -0.2) is 18.6 Å². The first-order chi connectivity index (χ1) is 7.22. The molecular formula is C12H15N3. The molecule has 2 aromatic rings. The summed E-state index contributed by atoms with van der Waals surface area (Å²) in [5.41, 5.74) is 8.63. The Morgan fingerprint density at radius 1 is 1.33 bits per heavy atom. The zero-order valence-corrected chi connectivity index (χ0v) is 9.07. The van der Waals surface area contributed by atoms with Gasteiger partial charge in [0.1, 0.15) is 0 Å². The second-order valence-corrected chi connectivity index (χ2v) is 3.62. The number of pyridine rings is 1. The first-order valence-electron chi connectivity index (χ1n) is 5.07. The Labute approximate surface area is 89.5 Å². The maximum Gasteiger partial charge on any atom is 0.0743 e. The fraction of sp³-hybridized carbons (Fsp3) is 0.250. The predicted molar refractivity (Wildman–Crippen MR) is 65.1 cm³/mol. The SMILES string of the molecule is CCN(C)c1ccnc2cc(N)ccc12. The molecule has 15 heavy (non-hydrogen) atoms. The molecule has 2 N–H and O–H groups in total. The van der Waals surface area contributed by atoms with Gasteiger partial charge in [-0.15, -0.1) is 0 Å². The monoisotopic (exact) mass is 201 g/mol. The zero-order valence-electron chi connectivity index (χ0n) is 9.07. The molecule has 1 aromatic heterocycles. The average molecular weight is 201 g/mol. The van der Waals surface area contributed by atoms with Gasteiger partial charge < -0.3 is 10.6 Å². The summed E-state index contributed by atoms with van der Waals surface area (Å²) in [6.45, 7) is 3.10. The molecule has 0 aliphatic carbocycles. The van der Waals surface area contributed by atoms with Crippen LogP contribution in [-0.2, 0) is 0 Å². The fourth-order valence-electron chi connectivity index (χ4n) is 1.65. The Balaban J connectivity index is 2.66. The van der Waals surface area contributed by atoms with Crippen LogP contribution in [0.2, 0.25) is 0 Å². The number of hydrogen-bond acceptors (Lipinski definition) is 3. The normalized spacial score (nSPS) is 10.5. The zero-order chi connectivity index (χ0) is 10.8. The van der Waals surface area contributed by atoms with Crippen molar-refractivity contribution in [2.24, 2.45) is 0 Å². The average Bonchev–Trinajstić information content (AvgIpc) is 2.26. The Hall–Kier alpha value is -1.77. The van der Waals surface area contributed by atoms with Crippen molar-refractivity contribution in [3.8, 4) is 0 Å². The van der Waals surface area contributed by atoms with Gasteiger partial charge in [0.15, 0.2) is 0 Å². The summed E-state index contributed by atoms with van der Waals surface area (Å²) in [5, 5.41) is 1.15. The van der Waals surface area contributed by atoms with E-state index in [-0.39, 0.29) is 0 Å². The molecule has 0 radical (unpaired) electrons. The highest BCUT2D eigenvalue weighted by atomic mass is 15.1. The number of aromatic nitrogens is 1.